The fraction of sp³-hybridized carbons (Fsp3) is 0.778. The van der Waals surface area contributed by atoms with Gasteiger partial charge in [0.25, 0.3) is 0 Å². The van der Waals surface area contributed by atoms with Crippen LogP contribution in [0.1, 0.15) is 6.92 Å². The Labute approximate surface area is 82.6 Å². The molecule has 0 aromatic rings. The van der Waals surface area contributed by atoms with E-state index in [2.05, 4.69) is 6.58 Å². The largest absolute Gasteiger partial charge is 0.388 e. The maximum absolute atomic E-state index is 9.46. The van der Waals surface area contributed by atoms with Gasteiger partial charge in [-0.2, -0.15) is 0 Å². The lowest BCUT2D eigenvalue weighted by Crippen LogP contribution is -2.57. The van der Waals surface area contributed by atoms with Gasteiger partial charge in [-0.3, -0.25) is 0 Å². The second-order valence-corrected chi connectivity index (χ2v) is 3.30. The van der Waals surface area contributed by atoms with Crippen molar-refractivity contribution in [3.63, 3.8) is 0 Å². The van der Waals surface area contributed by atoms with E-state index in [0.717, 1.165) is 0 Å². The molecule has 1 rings (SSSR count). The zero-order chi connectivity index (χ0) is 10.7. The maximum atomic E-state index is 9.46. The van der Waals surface area contributed by atoms with E-state index in [-0.39, 0.29) is 6.61 Å². The molecule has 5 nitrogen and oxygen atoms in total. The van der Waals surface area contributed by atoms with Crippen LogP contribution in [0.2, 0.25) is 0 Å². The molecule has 1 aliphatic rings. The summed E-state index contributed by atoms with van der Waals surface area (Å²) in [6, 6.07) is 0. The predicted octanol–water partition coefficient (Wildman–Crippen LogP) is -0.984. The second-order valence-electron chi connectivity index (χ2n) is 3.30. The average Bonchev–Trinajstić information content (AvgIpc) is 2.18. The molecule has 0 radical (unpaired) electrons. The highest BCUT2D eigenvalue weighted by atomic mass is 16.7. The second kappa shape index (κ2) is 4.86. The number of rotatable bonds is 3. The summed E-state index contributed by atoms with van der Waals surface area (Å²) >= 11 is 0. The van der Waals surface area contributed by atoms with Crippen molar-refractivity contribution < 1.29 is 24.8 Å². The Kier molecular flexibility index (Phi) is 4.03. The van der Waals surface area contributed by atoms with Crippen molar-refractivity contribution in [3.8, 4) is 0 Å². The molecule has 14 heavy (non-hydrogen) atoms. The quantitative estimate of drug-likeness (QED) is 0.515. The van der Waals surface area contributed by atoms with E-state index in [9.17, 15) is 15.3 Å². The van der Waals surface area contributed by atoms with Crippen LogP contribution in [0.15, 0.2) is 12.7 Å². The molecule has 5 atom stereocenters. The van der Waals surface area contributed by atoms with Crippen molar-refractivity contribution in [1.82, 2.24) is 0 Å². The molecule has 82 valence electrons. The van der Waals surface area contributed by atoms with Gasteiger partial charge in [-0.25, -0.2) is 0 Å². The molecule has 0 spiro atoms. The van der Waals surface area contributed by atoms with E-state index in [4.69, 9.17) is 9.47 Å². The van der Waals surface area contributed by atoms with Crippen molar-refractivity contribution in [2.75, 3.05) is 6.61 Å². The first-order chi connectivity index (χ1) is 6.57. The summed E-state index contributed by atoms with van der Waals surface area (Å²) in [6.45, 7) is 5.27. The van der Waals surface area contributed by atoms with Crippen LogP contribution in [0.3, 0.4) is 0 Å². The summed E-state index contributed by atoms with van der Waals surface area (Å²) in [7, 11) is 0. The van der Waals surface area contributed by atoms with Gasteiger partial charge >= 0.3 is 0 Å². The Hall–Kier alpha value is -0.460. The Morgan fingerprint density at radius 3 is 2.50 bits per heavy atom. The van der Waals surface area contributed by atoms with E-state index in [1.165, 1.54) is 6.08 Å². The lowest BCUT2D eigenvalue weighted by Gasteiger charge is -2.38. The Morgan fingerprint density at radius 1 is 1.29 bits per heavy atom. The minimum absolute atomic E-state index is 0.220. The van der Waals surface area contributed by atoms with E-state index in [1.54, 1.807) is 6.92 Å². The van der Waals surface area contributed by atoms with Crippen LogP contribution < -0.4 is 0 Å². The normalized spacial score (nSPS) is 43.6. The zero-order valence-corrected chi connectivity index (χ0v) is 8.04. The van der Waals surface area contributed by atoms with Gasteiger partial charge in [0.15, 0.2) is 6.29 Å². The molecule has 1 heterocycles. The van der Waals surface area contributed by atoms with Crippen molar-refractivity contribution in [2.24, 2.45) is 0 Å². The molecular weight excluding hydrogens is 188 g/mol. The molecule has 1 saturated heterocycles. The summed E-state index contributed by atoms with van der Waals surface area (Å²) in [5.74, 6) is 0. The Bertz CT molecular complexity index is 196. The third-order valence-corrected chi connectivity index (χ3v) is 2.19. The zero-order valence-electron chi connectivity index (χ0n) is 8.04. The van der Waals surface area contributed by atoms with Crippen LogP contribution in [0.25, 0.3) is 0 Å². The van der Waals surface area contributed by atoms with Crippen molar-refractivity contribution in [1.29, 1.82) is 0 Å². The molecule has 0 amide bonds. The lowest BCUT2D eigenvalue weighted by molar-refractivity contribution is -0.290. The maximum Gasteiger partial charge on any atom is 0.186 e. The highest BCUT2D eigenvalue weighted by Gasteiger charge is 2.42. The summed E-state index contributed by atoms with van der Waals surface area (Å²) in [4.78, 5) is 0. The van der Waals surface area contributed by atoms with Crippen LogP contribution in [0.5, 0.6) is 0 Å². The number of aliphatic hydroxyl groups excluding tert-OH is 3. The first kappa shape index (κ1) is 11.6. The summed E-state index contributed by atoms with van der Waals surface area (Å²) in [5, 5.41) is 28.2. The van der Waals surface area contributed by atoms with Crippen LogP contribution in [0, 0.1) is 0 Å². The average molecular weight is 204 g/mol. The van der Waals surface area contributed by atoms with Gasteiger partial charge in [0.05, 0.1) is 12.7 Å². The minimum Gasteiger partial charge on any atom is -0.388 e. The lowest BCUT2D eigenvalue weighted by atomic mass is 10.0. The molecule has 0 aliphatic carbocycles. The fourth-order valence-electron chi connectivity index (χ4n) is 1.31. The van der Waals surface area contributed by atoms with Gasteiger partial charge in [-0.1, -0.05) is 6.08 Å². The van der Waals surface area contributed by atoms with Crippen LogP contribution >= 0.6 is 0 Å². The molecule has 0 bridgehead atoms. The predicted molar refractivity (Wildman–Crippen MR) is 48.5 cm³/mol. The highest BCUT2D eigenvalue weighted by Crippen LogP contribution is 2.21. The van der Waals surface area contributed by atoms with Crippen molar-refractivity contribution in [3.05, 3.63) is 12.7 Å². The fourth-order valence-corrected chi connectivity index (χ4v) is 1.31. The monoisotopic (exact) mass is 204 g/mol. The van der Waals surface area contributed by atoms with E-state index in [1.807, 2.05) is 0 Å². The van der Waals surface area contributed by atoms with Gasteiger partial charge in [-0.15, -0.1) is 6.58 Å². The Balaban J connectivity index is 2.55. The molecule has 1 aliphatic heterocycles. The molecule has 0 aromatic carbocycles. The van der Waals surface area contributed by atoms with Gasteiger partial charge in [0, 0.05) is 0 Å². The number of hydrogen-bond donors (Lipinski definition) is 3. The number of hydrogen-bond acceptors (Lipinski definition) is 5. The van der Waals surface area contributed by atoms with E-state index >= 15 is 0 Å². The van der Waals surface area contributed by atoms with Gasteiger partial charge in [-0.05, 0) is 6.92 Å². The summed E-state index contributed by atoms with van der Waals surface area (Å²) < 4.78 is 10.2. The molecule has 0 saturated carbocycles. The van der Waals surface area contributed by atoms with Crippen molar-refractivity contribution >= 4 is 0 Å². The van der Waals surface area contributed by atoms with Gasteiger partial charge < -0.3 is 24.8 Å². The van der Waals surface area contributed by atoms with Crippen LogP contribution in [-0.2, 0) is 9.47 Å². The standard InChI is InChI=1S/C9H16O5/c1-3-4-13-9-8(12)7(11)6(10)5(2)14-9/h3,5-12H,1,4H2,2H3/t5?,6-,7?,8?,9?/m0/s1. The van der Waals surface area contributed by atoms with E-state index in [0.29, 0.717) is 0 Å². The first-order valence-corrected chi connectivity index (χ1v) is 4.50. The molecule has 1 fully saturated rings. The molecule has 0 aromatic heterocycles. The number of aliphatic hydroxyl groups is 3. The third kappa shape index (κ3) is 2.31. The summed E-state index contributed by atoms with van der Waals surface area (Å²) in [6.07, 6.45) is -3.54. The van der Waals surface area contributed by atoms with Crippen LogP contribution in [0.4, 0.5) is 0 Å². The van der Waals surface area contributed by atoms with E-state index < -0.39 is 30.7 Å². The molecule has 4 unspecified atom stereocenters. The van der Waals surface area contributed by atoms with Gasteiger partial charge in [0.2, 0.25) is 0 Å². The first-order valence-electron chi connectivity index (χ1n) is 4.50. The Morgan fingerprint density at radius 2 is 1.93 bits per heavy atom. The third-order valence-electron chi connectivity index (χ3n) is 2.19. The molecule has 3 N–H and O–H groups in total. The highest BCUT2D eigenvalue weighted by molar-refractivity contribution is 4.87. The smallest absolute Gasteiger partial charge is 0.186 e. The minimum atomic E-state index is -1.24. The molecule has 5 heteroatoms. The topological polar surface area (TPSA) is 79.2 Å². The van der Waals surface area contributed by atoms with Crippen LogP contribution in [-0.4, -0.2) is 52.6 Å². The summed E-state index contributed by atoms with van der Waals surface area (Å²) in [5.41, 5.74) is 0. The number of ether oxygens (including phenoxy) is 2. The van der Waals surface area contributed by atoms with Gasteiger partial charge in [0.1, 0.15) is 18.3 Å². The SMILES string of the molecule is C=CCOC1OC(C)[C@H](O)C(O)C1O. The molecular formula is C9H16O5. The van der Waals surface area contributed by atoms with Crippen molar-refractivity contribution in [2.45, 2.75) is 37.6 Å².